The summed E-state index contributed by atoms with van der Waals surface area (Å²) in [5.74, 6) is 1.22. The van der Waals surface area contributed by atoms with Crippen LogP contribution in [-0.2, 0) is 17.6 Å². The molecule has 122 valence electrons. The maximum Gasteiger partial charge on any atom is 0.260 e. The molecule has 2 aromatic rings. The van der Waals surface area contributed by atoms with Gasteiger partial charge in [0.05, 0.1) is 5.39 Å². The monoisotopic (exact) mass is 331 g/mol. The Morgan fingerprint density at radius 2 is 2.30 bits per heavy atom. The first-order valence-electron chi connectivity index (χ1n) is 8.38. The molecule has 1 aliphatic heterocycles. The number of ether oxygens (including phenoxy) is 1. The van der Waals surface area contributed by atoms with Crippen LogP contribution in [0.5, 0.6) is 5.88 Å². The highest BCUT2D eigenvalue weighted by molar-refractivity contribution is 7.18. The van der Waals surface area contributed by atoms with Crippen molar-refractivity contribution in [2.45, 2.75) is 39.0 Å². The Morgan fingerprint density at radius 1 is 1.39 bits per heavy atom. The van der Waals surface area contributed by atoms with Gasteiger partial charge in [-0.25, -0.2) is 9.97 Å². The van der Waals surface area contributed by atoms with Crippen molar-refractivity contribution in [1.82, 2.24) is 14.9 Å². The summed E-state index contributed by atoms with van der Waals surface area (Å²) in [6.45, 7) is 3.96. The molecule has 0 radical (unpaired) electrons. The molecule has 4 rings (SSSR count). The molecule has 5 nitrogen and oxygen atoms in total. The fraction of sp³-hybridized carbons (Fsp3) is 0.588. The first-order chi connectivity index (χ1) is 11.2. The van der Waals surface area contributed by atoms with E-state index in [1.54, 1.807) is 11.3 Å². The first-order valence-corrected chi connectivity index (χ1v) is 9.20. The van der Waals surface area contributed by atoms with Crippen molar-refractivity contribution in [2.24, 2.45) is 5.92 Å². The van der Waals surface area contributed by atoms with Crippen LogP contribution in [0.15, 0.2) is 6.33 Å². The van der Waals surface area contributed by atoms with Crippen LogP contribution in [0.3, 0.4) is 0 Å². The van der Waals surface area contributed by atoms with Crippen molar-refractivity contribution in [3.63, 3.8) is 0 Å². The summed E-state index contributed by atoms with van der Waals surface area (Å²) in [4.78, 5) is 25.4. The lowest BCUT2D eigenvalue weighted by atomic mass is 10.0. The molecular formula is C17H21N3O2S. The molecule has 1 aliphatic carbocycles. The van der Waals surface area contributed by atoms with Gasteiger partial charge in [0.2, 0.25) is 5.88 Å². The zero-order chi connectivity index (χ0) is 15.8. The second-order valence-corrected chi connectivity index (χ2v) is 7.68. The van der Waals surface area contributed by atoms with Crippen molar-refractivity contribution in [3.8, 4) is 5.88 Å². The predicted molar refractivity (Wildman–Crippen MR) is 89.9 cm³/mol. The summed E-state index contributed by atoms with van der Waals surface area (Å²) >= 11 is 1.74. The van der Waals surface area contributed by atoms with Crippen LogP contribution in [0.2, 0.25) is 0 Å². The topological polar surface area (TPSA) is 55.3 Å². The van der Waals surface area contributed by atoms with Crippen LogP contribution in [0.1, 0.15) is 36.6 Å². The molecule has 0 aromatic carbocycles. The van der Waals surface area contributed by atoms with Gasteiger partial charge in [0, 0.05) is 18.0 Å². The third-order valence-electron chi connectivity index (χ3n) is 4.81. The van der Waals surface area contributed by atoms with Crippen molar-refractivity contribution < 1.29 is 9.53 Å². The number of hydrogen-bond donors (Lipinski definition) is 0. The van der Waals surface area contributed by atoms with Crippen molar-refractivity contribution in [1.29, 1.82) is 0 Å². The van der Waals surface area contributed by atoms with Gasteiger partial charge < -0.3 is 9.64 Å². The Bertz CT molecular complexity index is 743. The summed E-state index contributed by atoms with van der Waals surface area (Å²) in [5, 5.41) is 1.03. The third kappa shape index (κ3) is 2.80. The SMILES string of the molecule is CC1CCCN(C(=O)COc2ncnc3sc4c(c23)CCC4)C1. The van der Waals surface area contributed by atoms with E-state index >= 15 is 0 Å². The average Bonchev–Trinajstić information content (AvgIpc) is 3.13. The van der Waals surface area contributed by atoms with Crippen molar-refractivity contribution in [3.05, 3.63) is 16.8 Å². The van der Waals surface area contributed by atoms with Crippen LogP contribution in [-0.4, -0.2) is 40.5 Å². The molecule has 1 saturated heterocycles. The normalized spacial score (nSPS) is 20.7. The summed E-state index contributed by atoms with van der Waals surface area (Å²) in [7, 11) is 0. The number of nitrogens with zero attached hydrogens (tertiary/aromatic N) is 3. The summed E-state index contributed by atoms with van der Waals surface area (Å²) in [6, 6.07) is 0. The van der Waals surface area contributed by atoms with Crippen LogP contribution in [0.25, 0.3) is 10.2 Å². The van der Waals surface area contributed by atoms with E-state index in [1.807, 2.05) is 4.90 Å². The molecule has 2 aliphatic rings. The molecule has 0 saturated carbocycles. The number of carbonyl (C=O) groups is 1. The average molecular weight is 331 g/mol. The molecular weight excluding hydrogens is 310 g/mol. The number of aromatic nitrogens is 2. The van der Waals surface area contributed by atoms with E-state index < -0.39 is 0 Å². The third-order valence-corrected chi connectivity index (χ3v) is 6.01. The number of hydrogen-bond acceptors (Lipinski definition) is 5. The van der Waals surface area contributed by atoms with Gasteiger partial charge >= 0.3 is 0 Å². The molecule has 1 unspecified atom stereocenters. The van der Waals surface area contributed by atoms with Crippen LogP contribution in [0.4, 0.5) is 0 Å². The number of piperidine rings is 1. The van der Waals surface area contributed by atoms with E-state index in [0.29, 0.717) is 11.8 Å². The van der Waals surface area contributed by atoms with Crippen molar-refractivity contribution >= 4 is 27.5 Å². The summed E-state index contributed by atoms with van der Waals surface area (Å²) in [5.41, 5.74) is 1.33. The second kappa shape index (κ2) is 6.07. The molecule has 0 spiro atoms. The zero-order valence-corrected chi connectivity index (χ0v) is 14.2. The van der Waals surface area contributed by atoms with E-state index in [2.05, 4.69) is 16.9 Å². The van der Waals surface area contributed by atoms with E-state index in [4.69, 9.17) is 4.74 Å². The fourth-order valence-electron chi connectivity index (χ4n) is 3.65. The molecule has 23 heavy (non-hydrogen) atoms. The molecule has 1 amide bonds. The van der Waals surface area contributed by atoms with Crippen LogP contribution < -0.4 is 4.74 Å². The standard InChI is InChI=1S/C17H21N3O2S/c1-11-4-3-7-20(8-11)14(21)9-22-16-15-12-5-2-6-13(12)23-17(15)19-10-18-16/h10-11H,2-9H2,1H3. The van der Waals surface area contributed by atoms with E-state index in [-0.39, 0.29) is 12.5 Å². The van der Waals surface area contributed by atoms with E-state index in [1.165, 1.54) is 29.6 Å². The largest absolute Gasteiger partial charge is 0.467 e. The minimum Gasteiger partial charge on any atom is -0.467 e. The molecule has 2 aromatic heterocycles. The van der Waals surface area contributed by atoms with Gasteiger partial charge in [-0.2, -0.15) is 0 Å². The van der Waals surface area contributed by atoms with E-state index in [9.17, 15) is 4.79 Å². The lowest BCUT2D eigenvalue weighted by Gasteiger charge is -2.30. The van der Waals surface area contributed by atoms with Crippen LogP contribution in [0, 0.1) is 5.92 Å². The van der Waals surface area contributed by atoms with Gasteiger partial charge in [-0.1, -0.05) is 6.92 Å². The fourth-order valence-corrected chi connectivity index (χ4v) is 4.87. The molecule has 3 heterocycles. The zero-order valence-electron chi connectivity index (χ0n) is 13.4. The second-order valence-electron chi connectivity index (χ2n) is 6.59. The highest BCUT2D eigenvalue weighted by atomic mass is 32.1. The minimum atomic E-state index is 0.0650. The lowest BCUT2D eigenvalue weighted by Crippen LogP contribution is -2.41. The molecule has 1 fully saturated rings. The van der Waals surface area contributed by atoms with Crippen LogP contribution >= 0.6 is 11.3 Å². The number of carbonyl (C=O) groups excluding carboxylic acids is 1. The molecule has 1 atom stereocenters. The van der Waals surface area contributed by atoms with Gasteiger partial charge in [-0.3, -0.25) is 4.79 Å². The number of aryl methyl sites for hydroxylation is 2. The Hall–Kier alpha value is -1.69. The highest BCUT2D eigenvalue weighted by Crippen LogP contribution is 2.39. The number of rotatable bonds is 3. The Balaban J connectivity index is 1.51. The lowest BCUT2D eigenvalue weighted by molar-refractivity contribution is -0.135. The number of fused-ring (bicyclic) bond motifs is 3. The van der Waals surface area contributed by atoms with Crippen molar-refractivity contribution in [2.75, 3.05) is 19.7 Å². The van der Waals surface area contributed by atoms with E-state index in [0.717, 1.165) is 42.6 Å². The maximum atomic E-state index is 12.4. The van der Waals surface area contributed by atoms with Gasteiger partial charge in [-0.05, 0) is 43.6 Å². The number of thiophene rings is 1. The highest BCUT2D eigenvalue weighted by Gasteiger charge is 2.24. The molecule has 0 N–H and O–H groups in total. The van der Waals surface area contributed by atoms with Gasteiger partial charge in [0.15, 0.2) is 6.61 Å². The Labute approximate surface area is 139 Å². The van der Waals surface area contributed by atoms with Gasteiger partial charge in [0.25, 0.3) is 5.91 Å². The predicted octanol–water partition coefficient (Wildman–Crippen LogP) is 2.82. The quantitative estimate of drug-likeness (QED) is 0.868. The number of amides is 1. The van der Waals surface area contributed by atoms with Gasteiger partial charge in [0.1, 0.15) is 11.2 Å². The minimum absolute atomic E-state index is 0.0650. The smallest absolute Gasteiger partial charge is 0.260 e. The Morgan fingerprint density at radius 3 is 3.17 bits per heavy atom. The maximum absolute atomic E-state index is 12.4. The Kier molecular flexibility index (Phi) is 3.93. The van der Waals surface area contributed by atoms with Gasteiger partial charge in [-0.15, -0.1) is 11.3 Å². The summed E-state index contributed by atoms with van der Waals surface area (Å²) in [6.07, 6.45) is 7.21. The summed E-state index contributed by atoms with van der Waals surface area (Å²) < 4.78 is 5.82. The number of likely N-dealkylation sites (tertiary alicyclic amines) is 1. The molecule has 6 heteroatoms. The first kappa shape index (κ1) is 14.9. The molecule has 0 bridgehead atoms.